The Morgan fingerprint density at radius 3 is 1.57 bits per heavy atom. The van der Waals surface area contributed by atoms with E-state index in [-0.39, 0.29) is 0 Å². The molecule has 0 saturated carbocycles. The van der Waals surface area contributed by atoms with Crippen LogP contribution in [-0.4, -0.2) is 0 Å². The maximum Gasteiger partial charge on any atom is 0.143 e. The zero-order chi connectivity index (χ0) is 35.3. The molecule has 12 aromatic rings. The van der Waals surface area contributed by atoms with E-state index in [1.54, 1.807) is 0 Å². The van der Waals surface area contributed by atoms with Gasteiger partial charge >= 0.3 is 0 Å². The van der Waals surface area contributed by atoms with Gasteiger partial charge in [0.05, 0.1) is 0 Å². The molecule has 250 valence electrons. The van der Waals surface area contributed by atoms with Crippen molar-refractivity contribution in [2.75, 3.05) is 0 Å². The molecule has 0 aliphatic rings. The number of rotatable bonds is 3. The largest absolute Gasteiger partial charge is 0.456 e. The third-order valence-corrected chi connectivity index (χ3v) is 11.4. The summed E-state index contributed by atoms with van der Waals surface area (Å²) in [5, 5.41) is 14.1. The van der Waals surface area contributed by atoms with E-state index in [9.17, 15) is 0 Å². The highest BCUT2D eigenvalue weighted by atomic mass is 16.3. The second kappa shape index (κ2) is 11.2. The molecule has 54 heavy (non-hydrogen) atoms. The van der Waals surface area contributed by atoms with Crippen LogP contribution < -0.4 is 0 Å². The molecule has 2 aromatic heterocycles. The van der Waals surface area contributed by atoms with Crippen molar-refractivity contribution in [2.24, 2.45) is 0 Å². The number of fused-ring (bicyclic) bond motifs is 12. The lowest BCUT2D eigenvalue weighted by Crippen LogP contribution is -1.92. The van der Waals surface area contributed by atoms with Crippen LogP contribution in [0.25, 0.3) is 120 Å². The van der Waals surface area contributed by atoms with E-state index in [0.717, 1.165) is 60.2 Å². The molecule has 0 bridgehead atoms. The lowest BCUT2D eigenvalue weighted by atomic mass is 9.84. The predicted molar refractivity (Wildman–Crippen MR) is 227 cm³/mol. The molecule has 0 N–H and O–H groups in total. The Kier molecular flexibility index (Phi) is 6.09. The van der Waals surface area contributed by atoms with Crippen molar-refractivity contribution in [3.05, 3.63) is 182 Å². The van der Waals surface area contributed by atoms with Gasteiger partial charge in [-0.3, -0.25) is 0 Å². The van der Waals surface area contributed by atoms with E-state index >= 15 is 0 Å². The van der Waals surface area contributed by atoms with Crippen molar-refractivity contribution in [1.29, 1.82) is 0 Å². The van der Waals surface area contributed by atoms with Crippen molar-refractivity contribution >= 4 is 87.0 Å². The highest BCUT2D eigenvalue weighted by Gasteiger charge is 2.24. The first-order valence-corrected chi connectivity index (χ1v) is 18.5. The Morgan fingerprint density at radius 1 is 0.278 bits per heavy atom. The zero-order valence-corrected chi connectivity index (χ0v) is 29.1. The summed E-state index contributed by atoms with van der Waals surface area (Å²) in [7, 11) is 0. The molecule has 0 radical (unpaired) electrons. The summed E-state index contributed by atoms with van der Waals surface area (Å²) >= 11 is 0. The number of hydrogen-bond acceptors (Lipinski definition) is 2. The van der Waals surface area contributed by atoms with Gasteiger partial charge in [0.1, 0.15) is 22.3 Å². The second-order valence-electron chi connectivity index (χ2n) is 14.3. The molecule has 0 aliphatic heterocycles. The average molecular weight is 687 g/mol. The van der Waals surface area contributed by atoms with Gasteiger partial charge in [0, 0.05) is 38.1 Å². The molecule has 2 nitrogen and oxygen atoms in total. The molecule has 0 aliphatic carbocycles. The average Bonchev–Trinajstić information content (AvgIpc) is 3.82. The van der Waals surface area contributed by atoms with Gasteiger partial charge in [-0.1, -0.05) is 152 Å². The number of hydrogen-bond donors (Lipinski definition) is 0. The Labute approximate surface area is 310 Å². The Bertz CT molecular complexity index is 3440. The second-order valence-corrected chi connectivity index (χ2v) is 14.3. The highest BCUT2D eigenvalue weighted by Crippen LogP contribution is 2.50. The first-order valence-electron chi connectivity index (χ1n) is 18.5. The van der Waals surface area contributed by atoms with Crippen LogP contribution in [0.4, 0.5) is 0 Å². The molecule has 0 amide bonds. The van der Waals surface area contributed by atoms with E-state index in [0.29, 0.717) is 0 Å². The fourth-order valence-electron chi connectivity index (χ4n) is 9.16. The van der Waals surface area contributed by atoms with E-state index < -0.39 is 0 Å². The van der Waals surface area contributed by atoms with Gasteiger partial charge in [0.25, 0.3) is 0 Å². The zero-order valence-electron chi connectivity index (χ0n) is 29.1. The SMILES string of the molecule is c1cc(-c2cccc3ccccc23)cc(-c2c3ccccc3c(-c3cc4ccc5oc6ccccc6c5c4c4c3oc3ccccc34)c3ccccc23)c1. The molecule has 0 atom stereocenters. The normalized spacial score (nSPS) is 12.1. The van der Waals surface area contributed by atoms with E-state index in [4.69, 9.17) is 8.83 Å². The Balaban J connectivity index is 1.20. The first-order chi connectivity index (χ1) is 26.8. The first kappa shape index (κ1) is 29.4. The minimum Gasteiger partial charge on any atom is -0.456 e. The van der Waals surface area contributed by atoms with Crippen LogP contribution in [0.1, 0.15) is 0 Å². The Morgan fingerprint density at radius 2 is 0.833 bits per heavy atom. The molecule has 10 aromatic carbocycles. The fourth-order valence-corrected chi connectivity index (χ4v) is 9.16. The van der Waals surface area contributed by atoms with E-state index in [1.807, 2.05) is 6.07 Å². The van der Waals surface area contributed by atoms with Crippen molar-refractivity contribution in [2.45, 2.75) is 0 Å². The smallest absolute Gasteiger partial charge is 0.143 e. The van der Waals surface area contributed by atoms with E-state index in [2.05, 4.69) is 176 Å². The van der Waals surface area contributed by atoms with Crippen LogP contribution in [0.5, 0.6) is 0 Å². The molecular weight excluding hydrogens is 657 g/mol. The predicted octanol–water partition coefficient (Wildman–Crippen LogP) is 15.1. The maximum absolute atomic E-state index is 6.97. The Hall–Kier alpha value is -7.16. The summed E-state index contributed by atoms with van der Waals surface area (Å²) in [5.74, 6) is 0. The molecule has 2 heterocycles. The minimum absolute atomic E-state index is 0.876. The maximum atomic E-state index is 6.97. The molecule has 0 saturated heterocycles. The van der Waals surface area contributed by atoms with Gasteiger partial charge < -0.3 is 8.83 Å². The summed E-state index contributed by atoms with van der Waals surface area (Å²) in [6.07, 6.45) is 0. The van der Waals surface area contributed by atoms with Gasteiger partial charge in [0.2, 0.25) is 0 Å². The van der Waals surface area contributed by atoms with Crippen molar-refractivity contribution < 1.29 is 8.83 Å². The standard InChI is InChI=1S/C52H30O2/c1-2-17-35-31(13-1)14-12-24-36(35)32-15-11-16-33(29-32)47-37-18-3-5-20-39(37)49(40-21-6-4-19-38(40)47)43-30-34-27-28-46-50(41-22-7-9-25-44(41)53-46)48(34)51-42-23-8-10-26-45(42)54-52(43)51/h1-30H. The summed E-state index contributed by atoms with van der Waals surface area (Å²) in [4.78, 5) is 0. The molecule has 12 rings (SSSR count). The summed E-state index contributed by atoms with van der Waals surface area (Å²) in [5.41, 5.74) is 10.7. The lowest BCUT2D eigenvalue weighted by Gasteiger charge is -2.19. The van der Waals surface area contributed by atoms with E-state index in [1.165, 1.54) is 60.1 Å². The van der Waals surface area contributed by atoms with Crippen LogP contribution in [-0.2, 0) is 0 Å². The number of para-hydroxylation sites is 2. The molecule has 2 heteroatoms. The van der Waals surface area contributed by atoms with Crippen LogP contribution in [0.2, 0.25) is 0 Å². The third-order valence-electron chi connectivity index (χ3n) is 11.4. The van der Waals surface area contributed by atoms with Gasteiger partial charge in [0.15, 0.2) is 0 Å². The van der Waals surface area contributed by atoms with Gasteiger partial charge in [-0.25, -0.2) is 0 Å². The monoisotopic (exact) mass is 686 g/mol. The number of benzene rings is 10. The quantitative estimate of drug-likeness (QED) is 0.173. The van der Waals surface area contributed by atoms with Crippen LogP contribution in [0, 0.1) is 0 Å². The van der Waals surface area contributed by atoms with Gasteiger partial charge in [-0.15, -0.1) is 0 Å². The van der Waals surface area contributed by atoms with Gasteiger partial charge in [-0.05, 0) is 90.3 Å². The molecule has 0 spiro atoms. The lowest BCUT2D eigenvalue weighted by molar-refractivity contribution is 0.669. The third kappa shape index (κ3) is 4.11. The molecule has 0 unspecified atom stereocenters. The topological polar surface area (TPSA) is 26.3 Å². The van der Waals surface area contributed by atoms with Crippen LogP contribution >= 0.6 is 0 Å². The van der Waals surface area contributed by atoms with Crippen LogP contribution in [0.15, 0.2) is 191 Å². The molecular formula is C52H30O2. The van der Waals surface area contributed by atoms with Gasteiger partial charge in [-0.2, -0.15) is 0 Å². The summed E-state index contributed by atoms with van der Waals surface area (Å²) < 4.78 is 13.4. The fraction of sp³-hybridized carbons (Fsp3) is 0. The summed E-state index contributed by atoms with van der Waals surface area (Å²) in [6, 6.07) is 65.5. The van der Waals surface area contributed by atoms with Crippen molar-refractivity contribution in [3.8, 4) is 33.4 Å². The minimum atomic E-state index is 0.876. The van der Waals surface area contributed by atoms with Crippen LogP contribution in [0.3, 0.4) is 0 Å². The molecule has 0 fully saturated rings. The highest BCUT2D eigenvalue weighted by molar-refractivity contribution is 6.34. The van der Waals surface area contributed by atoms with Crippen molar-refractivity contribution in [1.82, 2.24) is 0 Å². The summed E-state index contributed by atoms with van der Waals surface area (Å²) in [6.45, 7) is 0. The van der Waals surface area contributed by atoms with Crippen molar-refractivity contribution in [3.63, 3.8) is 0 Å². The number of furan rings is 2.